The second kappa shape index (κ2) is 6.14. The van der Waals surface area contributed by atoms with Crippen LogP contribution in [0.25, 0.3) is 0 Å². The first kappa shape index (κ1) is 15.3. The minimum Gasteiger partial charge on any atom is -0.381 e. The molecule has 4 nitrogen and oxygen atoms in total. The molecule has 1 saturated carbocycles. The predicted molar refractivity (Wildman–Crippen MR) is 83.7 cm³/mol. The Morgan fingerprint density at radius 3 is 2.60 bits per heavy atom. The molecule has 20 heavy (non-hydrogen) atoms. The third-order valence-corrected chi connectivity index (χ3v) is 5.51. The number of para-hydroxylation sites is 1. The van der Waals surface area contributed by atoms with Crippen molar-refractivity contribution in [1.82, 2.24) is 4.90 Å². The third kappa shape index (κ3) is 3.73. The van der Waals surface area contributed by atoms with Gasteiger partial charge in [-0.25, -0.2) is 8.42 Å². The molecule has 2 rings (SSSR count). The first-order chi connectivity index (χ1) is 9.38. The molecule has 1 aromatic carbocycles. The molecule has 1 aliphatic rings. The molecule has 0 aromatic heterocycles. The SMILES string of the molecule is CN(C)Cc1ccccc1NC1CCCC1S(C)(=O)=O. The Hall–Kier alpha value is -1.07. The standard InChI is InChI=1S/C15H24N2O2S/c1-17(2)11-12-7-4-5-8-13(12)16-14-9-6-10-15(14)20(3,18)19/h4-5,7-8,14-16H,6,9-11H2,1-3H3. The molecule has 0 amide bonds. The predicted octanol–water partition coefficient (Wildman–Crippen LogP) is 2.13. The summed E-state index contributed by atoms with van der Waals surface area (Å²) in [4.78, 5) is 2.11. The van der Waals surface area contributed by atoms with Gasteiger partial charge < -0.3 is 10.2 Å². The summed E-state index contributed by atoms with van der Waals surface area (Å²) in [5.41, 5.74) is 2.26. The minimum absolute atomic E-state index is 0.0355. The van der Waals surface area contributed by atoms with Crippen LogP contribution in [0.4, 0.5) is 5.69 Å². The Balaban J connectivity index is 2.17. The summed E-state index contributed by atoms with van der Waals surface area (Å²) in [5.74, 6) is 0. The molecule has 0 bridgehead atoms. The largest absolute Gasteiger partial charge is 0.381 e. The Bertz CT molecular complexity index is 555. The van der Waals surface area contributed by atoms with Crippen LogP contribution in [0.2, 0.25) is 0 Å². The lowest BCUT2D eigenvalue weighted by atomic mass is 10.1. The summed E-state index contributed by atoms with van der Waals surface area (Å²) in [6, 6.07) is 8.18. The van der Waals surface area contributed by atoms with Crippen molar-refractivity contribution in [3.05, 3.63) is 29.8 Å². The average molecular weight is 296 g/mol. The molecule has 112 valence electrons. The summed E-state index contributed by atoms with van der Waals surface area (Å²) in [6.07, 6.45) is 4.02. The Kier molecular flexibility index (Phi) is 4.70. The maximum atomic E-state index is 11.8. The van der Waals surface area contributed by atoms with Crippen molar-refractivity contribution in [2.24, 2.45) is 0 Å². The van der Waals surface area contributed by atoms with E-state index in [0.717, 1.165) is 31.5 Å². The van der Waals surface area contributed by atoms with Gasteiger partial charge in [0.1, 0.15) is 0 Å². The lowest BCUT2D eigenvalue weighted by Gasteiger charge is -2.23. The Morgan fingerprint density at radius 1 is 1.25 bits per heavy atom. The van der Waals surface area contributed by atoms with Gasteiger partial charge >= 0.3 is 0 Å². The molecule has 1 aliphatic carbocycles. The first-order valence-electron chi connectivity index (χ1n) is 7.06. The number of hydrogen-bond donors (Lipinski definition) is 1. The van der Waals surface area contributed by atoms with Gasteiger partial charge in [-0.3, -0.25) is 0 Å². The van der Waals surface area contributed by atoms with Crippen LogP contribution >= 0.6 is 0 Å². The van der Waals surface area contributed by atoms with E-state index in [1.165, 1.54) is 11.8 Å². The van der Waals surface area contributed by atoms with Crippen molar-refractivity contribution in [3.63, 3.8) is 0 Å². The van der Waals surface area contributed by atoms with Crippen molar-refractivity contribution in [2.75, 3.05) is 25.7 Å². The number of benzene rings is 1. The van der Waals surface area contributed by atoms with Crippen LogP contribution in [-0.2, 0) is 16.4 Å². The molecule has 1 N–H and O–H groups in total. The minimum atomic E-state index is -2.98. The zero-order chi connectivity index (χ0) is 14.8. The van der Waals surface area contributed by atoms with Crippen LogP contribution in [-0.4, -0.2) is 45.0 Å². The topological polar surface area (TPSA) is 49.4 Å². The van der Waals surface area contributed by atoms with E-state index in [2.05, 4.69) is 16.3 Å². The molecule has 0 aliphatic heterocycles. The van der Waals surface area contributed by atoms with E-state index in [-0.39, 0.29) is 11.3 Å². The maximum Gasteiger partial charge on any atom is 0.152 e. The number of nitrogens with one attached hydrogen (secondary N) is 1. The number of hydrogen-bond acceptors (Lipinski definition) is 4. The highest BCUT2D eigenvalue weighted by atomic mass is 32.2. The molecular weight excluding hydrogens is 272 g/mol. The van der Waals surface area contributed by atoms with Crippen LogP contribution in [0.5, 0.6) is 0 Å². The van der Waals surface area contributed by atoms with Crippen molar-refractivity contribution >= 4 is 15.5 Å². The van der Waals surface area contributed by atoms with E-state index in [1.807, 2.05) is 32.3 Å². The summed E-state index contributed by atoms with van der Waals surface area (Å²) in [7, 11) is 1.09. The van der Waals surface area contributed by atoms with Gasteiger partial charge in [0.05, 0.1) is 5.25 Å². The zero-order valence-corrected chi connectivity index (χ0v) is 13.3. The van der Waals surface area contributed by atoms with Crippen LogP contribution in [0.1, 0.15) is 24.8 Å². The van der Waals surface area contributed by atoms with Crippen LogP contribution in [0, 0.1) is 0 Å². The quantitative estimate of drug-likeness (QED) is 0.904. The number of sulfone groups is 1. The van der Waals surface area contributed by atoms with Gasteiger partial charge in [-0.2, -0.15) is 0 Å². The second-order valence-electron chi connectivity index (χ2n) is 5.94. The van der Waals surface area contributed by atoms with Gasteiger partial charge in [-0.05, 0) is 45.0 Å². The van der Waals surface area contributed by atoms with Crippen LogP contribution in [0.3, 0.4) is 0 Å². The molecule has 0 heterocycles. The maximum absolute atomic E-state index is 11.8. The van der Waals surface area contributed by atoms with Crippen molar-refractivity contribution in [2.45, 2.75) is 37.1 Å². The molecular formula is C15H24N2O2S. The fourth-order valence-electron chi connectivity index (χ4n) is 2.94. The van der Waals surface area contributed by atoms with E-state index in [9.17, 15) is 8.42 Å². The highest BCUT2D eigenvalue weighted by Crippen LogP contribution is 2.29. The lowest BCUT2D eigenvalue weighted by Crippen LogP contribution is -2.34. The van der Waals surface area contributed by atoms with Gasteiger partial charge in [0, 0.05) is 24.5 Å². The van der Waals surface area contributed by atoms with Crippen LogP contribution < -0.4 is 5.32 Å². The van der Waals surface area contributed by atoms with Crippen molar-refractivity contribution < 1.29 is 8.42 Å². The van der Waals surface area contributed by atoms with Gasteiger partial charge in [-0.1, -0.05) is 18.2 Å². The molecule has 0 saturated heterocycles. The number of nitrogens with zero attached hydrogens (tertiary/aromatic N) is 1. The third-order valence-electron chi connectivity index (χ3n) is 3.85. The molecule has 2 unspecified atom stereocenters. The Morgan fingerprint density at radius 2 is 1.95 bits per heavy atom. The fraction of sp³-hybridized carbons (Fsp3) is 0.600. The van der Waals surface area contributed by atoms with E-state index in [1.54, 1.807) is 0 Å². The zero-order valence-electron chi connectivity index (χ0n) is 12.5. The molecule has 1 fully saturated rings. The number of anilines is 1. The second-order valence-corrected chi connectivity index (χ2v) is 8.21. The average Bonchev–Trinajstić information content (AvgIpc) is 2.79. The van der Waals surface area contributed by atoms with Gasteiger partial charge in [0.25, 0.3) is 0 Å². The molecule has 1 aromatic rings. The van der Waals surface area contributed by atoms with Crippen molar-refractivity contribution in [3.8, 4) is 0 Å². The molecule has 0 radical (unpaired) electrons. The molecule has 0 spiro atoms. The lowest BCUT2D eigenvalue weighted by molar-refractivity contribution is 0.403. The summed E-state index contributed by atoms with van der Waals surface area (Å²) in [6.45, 7) is 0.847. The summed E-state index contributed by atoms with van der Waals surface area (Å²) in [5, 5.41) is 3.21. The van der Waals surface area contributed by atoms with E-state index in [0.29, 0.717) is 0 Å². The Labute approximate surface area is 122 Å². The summed E-state index contributed by atoms with van der Waals surface area (Å²) < 4.78 is 23.7. The fourth-order valence-corrected chi connectivity index (χ4v) is 4.34. The molecule has 2 atom stereocenters. The van der Waals surface area contributed by atoms with Gasteiger partial charge in [0.2, 0.25) is 0 Å². The van der Waals surface area contributed by atoms with Crippen molar-refractivity contribution in [1.29, 1.82) is 0 Å². The van der Waals surface area contributed by atoms with E-state index in [4.69, 9.17) is 0 Å². The number of rotatable bonds is 5. The van der Waals surface area contributed by atoms with Crippen LogP contribution in [0.15, 0.2) is 24.3 Å². The normalized spacial score (nSPS) is 23.2. The highest BCUT2D eigenvalue weighted by molar-refractivity contribution is 7.91. The van der Waals surface area contributed by atoms with Gasteiger partial charge in [-0.15, -0.1) is 0 Å². The monoisotopic (exact) mass is 296 g/mol. The molecule has 5 heteroatoms. The first-order valence-corrected chi connectivity index (χ1v) is 9.01. The van der Waals surface area contributed by atoms with E-state index < -0.39 is 9.84 Å². The highest BCUT2D eigenvalue weighted by Gasteiger charge is 2.34. The smallest absolute Gasteiger partial charge is 0.152 e. The summed E-state index contributed by atoms with van der Waals surface area (Å²) >= 11 is 0. The van der Waals surface area contributed by atoms with E-state index >= 15 is 0 Å². The van der Waals surface area contributed by atoms with Gasteiger partial charge in [0.15, 0.2) is 9.84 Å².